The van der Waals surface area contributed by atoms with Crippen LogP contribution in [0.4, 0.5) is 0 Å². The molecule has 4 heteroatoms. The van der Waals surface area contributed by atoms with E-state index in [1.165, 1.54) is 36.4 Å². The molecule has 106 valence electrons. The van der Waals surface area contributed by atoms with Gasteiger partial charge in [0.2, 0.25) is 0 Å². The Balaban J connectivity index is 1.76. The summed E-state index contributed by atoms with van der Waals surface area (Å²) in [5.41, 5.74) is 1.21. The molecule has 1 saturated heterocycles. The molecule has 1 N–H and O–H groups in total. The molecule has 0 radical (unpaired) electrons. The van der Waals surface area contributed by atoms with Crippen molar-refractivity contribution in [3.63, 3.8) is 0 Å². The second-order valence-corrected chi connectivity index (χ2v) is 6.93. The minimum atomic E-state index is 0.0782. The van der Waals surface area contributed by atoms with Crippen LogP contribution in [-0.4, -0.2) is 37.0 Å². The quantitative estimate of drug-likeness (QED) is 0.899. The van der Waals surface area contributed by atoms with E-state index in [1.807, 2.05) is 6.07 Å². The molecule has 1 aromatic rings. The fourth-order valence-corrected chi connectivity index (χ4v) is 3.46. The first-order valence-electron chi connectivity index (χ1n) is 7.14. The van der Waals surface area contributed by atoms with Crippen molar-refractivity contribution in [1.29, 1.82) is 0 Å². The maximum Gasteiger partial charge on any atom is 0.261 e. The Hall–Kier alpha value is -0.870. The molecule has 19 heavy (non-hydrogen) atoms. The normalized spacial score (nSPS) is 17.6. The highest BCUT2D eigenvalue weighted by atomic mass is 32.1. The van der Waals surface area contributed by atoms with Crippen molar-refractivity contribution in [3.8, 4) is 0 Å². The zero-order valence-electron chi connectivity index (χ0n) is 12.2. The van der Waals surface area contributed by atoms with Crippen LogP contribution < -0.4 is 5.32 Å². The number of hydrogen-bond donors (Lipinski definition) is 1. The van der Waals surface area contributed by atoms with E-state index >= 15 is 0 Å². The summed E-state index contributed by atoms with van der Waals surface area (Å²) in [6.45, 7) is 10.6. The van der Waals surface area contributed by atoms with Gasteiger partial charge in [-0.05, 0) is 57.3 Å². The number of hydrogen-bond acceptors (Lipinski definition) is 3. The van der Waals surface area contributed by atoms with Crippen LogP contribution in [-0.2, 0) is 0 Å². The zero-order chi connectivity index (χ0) is 13.8. The minimum Gasteiger partial charge on any atom is -0.351 e. The third kappa shape index (κ3) is 4.05. The monoisotopic (exact) mass is 280 g/mol. The Labute approximate surface area is 120 Å². The highest BCUT2D eigenvalue weighted by Crippen LogP contribution is 2.20. The smallest absolute Gasteiger partial charge is 0.261 e. The van der Waals surface area contributed by atoms with Crippen LogP contribution in [0.3, 0.4) is 0 Å². The predicted octanol–water partition coefficient (Wildman–Crippen LogP) is 2.83. The van der Waals surface area contributed by atoms with Gasteiger partial charge in [-0.15, -0.1) is 11.3 Å². The number of carbonyl (C=O) groups is 1. The summed E-state index contributed by atoms with van der Waals surface area (Å²) in [5, 5.41) is 3.06. The molecule has 3 nitrogen and oxygen atoms in total. The van der Waals surface area contributed by atoms with Gasteiger partial charge in [-0.2, -0.15) is 0 Å². The number of carbonyl (C=O) groups excluding carboxylic acids is 1. The average molecular weight is 280 g/mol. The summed E-state index contributed by atoms with van der Waals surface area (Å²) in [7, 11) is 0. The zero-order valence-corrected chi connectivity index (χ0v) is 13.0. The minimum absolute atomic E-state index is 0.0782. The van der Waals surface area contributed by atoms with Crippen molar-refractivity contribution in [2.75, 3.05) is 26.2 Å². The first-order chi connectivity index (χ1) is 9.06. The topological polar surface area (TPSA) is 32.3 Å². The van der Waals surface area contributed by atoms with Gasteiger partial charge in [-0.25, -0.2) is 0 Å². The Bertz CT molecular complexity index is 416. The van der Waals surface area contributed by atoms with Gasteiger partial charge in [-0.3, -0.25) is 4.79 Å². The number of aryl methyl sites for hydroxylation is 2. The number of nitrogens with zero attached hydrogens (tertiary/aromatic N) is 1. The maximum atomic E-state index is 12.0. The molecule has 0 saturated carbocycles. The summed E-state index contributed by atoms with van der Waals surface area (Å²) < 4.78 is 0. The fourth-order valence-electron chi connectivity index (χ4n) is 2.51. The van der Waals surface area contributed by atoms with Crippen LogP contribution in [0.2, 0.25) is 0 Å². The van der Waals surface area contributed by atoms with Crippen molar-refractivity contribution in [3.05, 3.63) is 21.4 Å². The number of nitrogens with one attached hydrogen (secondary N) is 1. The third-order valence-corrected chi connectivity index (χ3v) is 4.92. The summed E-state index contributed by atoms with van der Waals surface area (Å²) in [6.07, 6.45) is 2.65. The van der Waals surface area contributed by atoms with Crippen LogP contribution in [0.1, 0.15) is 39.9 Å². The molecule has 1 fully saturated rings. The highest BCUT2D eigenvalue weighted by Gasteiger charge is 2.16. The number of thiophene rings is 1. The van der Waals surface area contributed by atoms with E-state index in [9.17, 15) is 4.79 Å². The molecular formula is C15H24N2OS. The lowest BCUT2D eigenvalue weighted by Crippen LogP contribution is -2.34. The van der Waals surface area contributed by atoms with Crippen molar-refractivity contribution >= 4 is 17.2 Å². The second-order valence-electron chi connectivity index (χ2n) is 5.67. The standard InChI is InChI=1S/C15H24N2OS/c1-11(10-17-6-4-5-7-17)9-16-15(18)14-8-12(2)13(3)19-14/h8,11H,4-7,9-10H2,1-3H3,(H,16,18). The first-order valence-corrected chi connectivity index (χ1v) is 7.95. The van der Waals surface area contributed by atoms with Gasteiger partial charge in [-0.1, -0.05) is 6.92 Å². The van der Waals surface area contributed by atoms with Crippen molar-refractivity contribution < 1.29 is 4.79 Å². The summed E-state index contributed by atoms with van der Waals surface area (Å²) in [6, 6.07) is 1.99. The maximum absolute atomic E-state index is 12.0. The van der Waals surface area contributed by atoms with Gasteiger partial charge >= 0.3 is 0 Å². The van der Waals surface area contributed by atoms with E-state index in [0.29, 0.717) is 5.92 Å². The lowest BCUT2D eigenvalue weighted by Gasteiger charge is -2.20. The Morgan fingerprint density at radius 1 is 1.42 bits per heavy atom. The predicted molar refractivity (Wildman–Crippen MR) is 81.0 cm³/mol. The van der Waals surface area contributed by atoms with Gasteiger partial charge in [0.25, 0.3) is 5.91 Å². The van der Waals surface area contributed by atoms with E-state index in [1.54, 1.807) is 11.3 Å². The van der Waals surface area contributed by atoms with Crippen LogP contribution in [0, 0.1) is 19.8 Å². The van der Waals surface area contributed by atoms with E-state index in [-0.39, 0.29) is 5.91 Å². The van der Waals surface area contributed by atoms with E-state index < -0.39 is 0 Å². The summed E-state index contributed by atoms with van der Waals surface area (Å²) in [5.74, 6) is 0.596. The third-order valence-electron chi connectivity index (χ3n) is 3.77. The number of rotatable bonds is 5. The number of amides is 1. The Morgan fingerprint density at radius 2 is 2.11 bits per heavy atom. The lowest BCUT2D eigenvalue weighted by molar-refractivity contribution is 0.0949. The molecular weight excluding hydrogens is 256 g/mol. The van der Waals surface area contributed by atoms with E-state index in [4.69, 9.17) is 0 Å². The van der Waals surface area contributed by atoms with Crippen LogP contribution in [0.15, 0.2) is 6.07 Å². The number of likely N-dealkylation sites (tertiary alicyclic amines) is 1. The van der Waals surface area contributed by atoms with E-state index in [2.05, 4.69) is 31.0 Å². The molecule has 2 rings (SSSR count). The molecule has 2 heterocycles. The highest BCUT2D eigenvalue weighted by molar-refractivity contribution is 7.14. The largest absolute Gasteiger partial charge is 0.351 e. The van der Waals surface area contributed by atoms with E-state index in [0.717, 1.165) is 18.0 Å². The first kappa shape index (κ1) is 14.5. The van der Waals surface area contributed by atoms with Crippen molar-refractivity contribution in [2.24, 2.45) is 5.92 Å². The van der Waals surface area contributed by atoms with Gasteiger partial charge in [0.05, 0.1) is 4.88 Å². The fraction of sp³-hybridized carbons (Fsp3) is 0.667. The second kappa shape index (κ2) is 6.53. The van der Waals surface area contributed by atoms with Gasteiger partial charge in [0.1, 0.15) is 0 Å². The molecule has 1 amide bonds. The van der Waals surface area contributed by atoms with Crippen LogP contribution in [0.25, 0.3) is 0 Å². The molecule has 1 aliphatic rings. The van der Waals surface area contributed by atoms with Crippen LogP contribution >= 0.6 is 11.3 Å². The molecule has 0 bridgehead atoms. The molecule has 0 spiro atoms. The van der Waals surface area contributed by atoms with Gasteiger partial charge in [0, 0.05) is 18.0 Å². The summed E-state index contributed by atoms with van der Waals surface area (Å²) in [4.78, 5) is 16.6. The van der Waals surface area contributed by atoms with Gasteiger partial charge in [0.15, 0.2) is 0 Å². The van der Waals surface area contributed by atoms with Crippen molar-refractivity contribution in [1.82, 2.24) is 10.2 Å². The molecule has 1 atom stereocenters. The Kier molecular flexibility index (Phi) is 4.99. The van der Waals surface area contributed by atoms with Crippen LogP contribution in [0.5, 0.6) is 0 Å². The molecule has 1 aliphatic heterocycles. The molecule has 1 unspecified atom stereocenters. The average Bonchev–Trinajstić information content (AvgIpc) is 2.98. The van der Waals surface area contributed by atoms with Gasteiger partial charge < -0.3 is 10.2 Å². The van der Waals surface area contributed by atoms with Crippen molar-refractivity contribution in [2.45, 2.75) is 33.6 Å². The molecule has 0 aliphatic carbocycles. The Morgan fingerprint density at radius 3 is 2.68 bits per heavy atom. The lowest BCUT2D eigenvalue weighted by atomic mass is 10.1. The molecule has 0 aromatic carbocycles. The SMILES string of the molecule is Cc1cc(C(=O)NCC(C)CN2CCCC2)sc1C. The molecule has 1 aromatic heterocycles. The summed E-state index contributed by atoms with van der Waals surface area (Å²) >= 11 is 1.58.